The third-order valence-electron chi connectivity index (χ3n) is 3.32. The Morgan fingerprint density at radius 3 is 2.61 bits per heavy atom. The fourth-order valence-electron chi connectivity index (χ4n) is 2.12. The van der Waals surface area contributed by atoms with Crippen LogP contribution in [0, 0.1) is 5.92 Å². The lowest BCUT2D eigenvalue weighted by molar-refractivity contribution is 0.421. The average Bonchev–Trinajstić information content (AvgIpc) is 2.29. The molecule has 2 nitrogen and oxygen atoms in total. The van der Waals surface area contributed by atoms with Crippen molar-refractivity contribution >= 4 is 15.9 Å². The van der Waals surface area contributed by atoms with Crippen molar-refractivity contribution in [2.75, 3.05) is 19.6 Å². The molecule has 0 bridgehead atoms. The summed E-state index contributed by atoms with van der Waals surface area (Å²) >= 11 is 3.63. The van der Waals surface area contributed by atoms with Gasteiger partial charge in [-0.05, 0) is 37.1 Å². The molecule has 1 atom stereocenters. The Labute approximate surface area is 119 Å². The normalized spacial score (nSPS) is 13.6. The molecule has 0 amide bonds. The standard InChI is InChI=1S/C15H25BrN2/c1-12(8-9-17)10-18-11-15(2,3)13-6-4-5-7-14(13)16/h4-7,12,18H,8-11,17H2,1-3H3. The molecule has 0 radical (unpaired) electrons. The van der Waals surface area contributed by atoms with E-state index >= 15 is 0 Å². The van der Waals surface area contributed by atoms with E-state index in [2.05, 4.69) is 66.3 Å². The van der Waals surface area contributed by atoms with Gasteiger partial charge in [0.1, 0.15) is 0 Å². The lowest BCUT2D eigenvalue weighted by Crippen LogP contribution is -2.35. The number of hydrogen-bond acceptors (Lipinski definition) is 2. The first-order valence-corrected chi connectivity index (χ1v) is 7.42. The van der Waals surface area contributed by atoms with Crippen LogP contribution in [0.1, 0.15) is 32.8 Å². The van der Waals surface area contributed by atoms with Crippen molar-refractivity contribution in [3.63, 3.8) is 0 Å². The van der Waals surface area contributed by atoms with E-state index in [-0.39, 0.29) is 5.41 Å². The van der Waals surface area contributed by atoms with Gasteiger partial charge in [0.25, 0.3) is 0 Å². The number of nitrogens with two attached hydrogens (primary N) is 1. The predicted molar refractivity (Wildman–Crippen MR) is 82.9 cm³/mol. The summed E-state index contributed by atoms with van der Waals surface area (Å²) in [5, 5.41) is 3.56. The molecule has 1 rings (SSSR count). The molecule has 0 aliphatic heterocycles. The van der Waals surface area contributed by atoms with Gasteiger partial charge in [-0.25, -0.2) is 0 Å². The van der Waals surface area contributed by atoms with Gasteiger partial charge in [0.15, 0.2) is 0 Å². The van der Waals surface area contributed by atoms with Crippen LogP contribution >= 0.6 is 15.9 Å². The number of nitrogens with one attached hydrogen (secondary N) is 1. The topological polar surface area (TPSA) is 38.0 Å². The molecule has 0 aliphatic carbocycles. The highest BCUT2D eigenvalue weighted by Gasteiger charge is 2.22. The van der Waals surface area contributed by atoms with E-state index in [4.69, 9.17) is 5.73 Å². The Bertz CT molecular complexity index is 363. The minimum Gasteiger partial charge on any atom is -0.330 e. The lowest BCUT2D eigenvalue weighted by Gasteiger charge is -2.27. The molecule has 0 spiro atoms. The van der Waals surface area contributed by atoms with Gasteiger partial charge in [0.2, 0.25) is 0 Å². The summed E-state index contributed by atoms with van der Waals surface area (Å²) in [6.45, 7) is 9.57. The number of halogens is 1. The highest BCUT2D eigenvalue weighted by atomic mass is 79.9. The van der Waals surface area contributed by atoms with E-state index in [1.165, 1.54) is 10.0 Å². The van der Waals surface area contributed by atoms with Crippen LogP contribution in [0.2, 0.25) is 0 Å². The zero-order valence-corrected chi connectivity index (χ0v) is 13.3. The molecule has 18 heavy (non-hydrogen) atoms. The highest BCUT2D eigenvalue weighted by molar-refractivity contribution is 9.10. The SMILES string of the molecule is CC(CCN)CNCC(C)(C)c1ccccc1Br. The van der Waals surface area contributed by atoms with Crippen LogP contribution in [0.4, 0.5) is 0 Å². The first-order chi connectivity index (χ1) is 8.47. The Balaban J connectivity index is 2.52. The molecule has 3 heteroatoms. The summed E-state index contributed by atoms with van der Waals surface area (Å²) in [7, 11) is 0. The summed E-state index contributed by atoms with van der Waals surface area (Å²) in [5.74, 6) is 0.644. The molecular weight excluding hydrogens is 288 g/mol. The minimum atomic E-state index is 0.128. The zero-order valence-electron chi connectivity index (χ0n) is 11.7. The van der Waals surface area contributed by atoms with Gasteiger partial charge in [0, 0.05) is 16.4 Å². The van der Waals surface area contributed by atoms with Gasteiger partial charge < -0.3 is 11.1 Å². The fourth-order valence-corrected chi connectivity index (χ4v) is 2.94. The molecule has 0 aliphatic rings. The van der Waals surface area contributed by atoms with Crippen LogP contribution < -0.4 is 11.1 Å². The monoisotopic (exact) mass is 312 g/mol. The number of hydrogen-bond donors (Lipinski definition) is 2. The van der Waals surface area contributed by atoms with Gasteiger partial charge in [-0.3, -0.25) is 0 Å². The van der Waals surface area contributed by atoms with Crippen LogP contribution in [0.15, 0.2) is 28.7 Å². The van der Waals surface area contributed by atoms with Crippen LogP contribution in [-0.2, 0) is 5.41 Å². The summed E-state index contributed by atoms with van der Waals surface area (Å²) < 4.78 is 1.19. The summed E-state index contributed by atoms with van der Waals surface area (Å²) in [6.07, 6.45) is 1.09. The maximum absolute atomic E-state index is 5.56. The first-order valence-electron chi connectivity index (χ1n) is 6.63. The van der Waals surface area contributed by atoms with Gasteiger partial charge in [0.05, 0.1) is 0 Å². The second kappa shape index (κ2) is 7.27. The van der Waals surface area contributed by atoms with E-state index in [0.29, 0.717) is 5.92 Å². The van der Waals surface area contributed by atoms with E-state index in [0.717, 1.165) is 26.1 Å². The Morgan fingerprint density at radius 1 is 1.33 bits per heavy atom. The molecule has 102 valence electrons. The van der Waals surface area contributed by atoms with Gasteiger partial charge >= 0.3 is 0 Å². The van der Waals surface area contributed by atoms with Crippen molar-refractivity contribution in [1.29, 1.82) is 0 Å². The molecule has 1 aromatic rings. The van der Waals surface area contributed by atoms with Gasteiger partial charge in [-0.2, -0.15) is 0 Å². The Kier molecular flexibility index (Phi) is 6.33. The number of benzene rings is 1. The quantitative estimate of drug-likeness (QED) is 0.810. The maximum Gasteiger partial charge on any atom is 0.0213 e. The largest absolute Gasteiger partial charge is 0.330 e. The Hall–Kier alpha value is -0.380. The molecule has 0 aromatic heterocycles. The third kappa shape index (κ3) is 4.71. The average molecular weight is 313 g/mol. The zero-order chi connectivity index (χ0) is 13.6. The van der Waals surface area contributed by atoms with Gasteiger partial charge in [-0.15, -0.1) is 0 Å². The van der Waals surface area contributed by atoms with Crippen LogP contribution in [0.3, 0.4) is 0 Å². The van der Waals surface area contributed by atoms with E-state index in [9.17, 15) is 0 Å². The Morgan fingerprint density at radius 2 is 2.00 bits per heavy atom. The second-order valence-electron chi connectivity index (χ2n) is 5.68. The summed E-state index contributed by atoms with van der Waals surface area (Å²) in [6, 6.07) is 8.45. The summed E-state index contributed by atoms with van der Waals surface area (Å²) in [4.78, 5) is 0. The van der Waals surface area contributed by atoms with E-state index in [1.54, 1.807) is 0 Å². The maximum atomic E-state index is 5.56. The summed E-state index contributed by atoms with van der Waals surface area (Å²) in [5.41, 5.74) is 7.04. The van der Waals surface area contributed by atoms with E-state index < -0.39 is 0 Å². The van der Waals surface area contributed by atoms with Crippen molar-refractivity contribution in [3.05, 3.63) is 34.3 Å². The molecule has 1 unspecified atom stereocenters. The molecule has 0 saturated carbocycles. The molecule has 0 fully saturated rings. The molecule has 3 N–H and O–H groups in total. The van der Waals surface area contributed by atoms with Crippen molar-refractivity contribution < 1.29 is 0 Å². The number of rotatable bonds is 7. The molecule has 0 heterocycles. The molecule has 1 aromatic carbocycles. The van der Waals surface area contributed by atoms with Crippen molar-refractivity contribution in [3.8, 4) is 0 Å². The first kappa shape index (κ1) is 15.7. The van der Waals surface area contributed by atoms with Crippen molar-refractivity contribution in [2.45, 2.75) is 32.6 Å². The smallest absolute Gasteiger partial charge is 0.0213 e. The second-order valence-corrected chi connectivity index (χ2v) is 6.53. The lowest BCUT2D eigenvalue weighted by atomic mass is 9.84. The predicted octanol–water partition coefficient (Wildman–Crippen LogP) is 3.30. The highest BCUT2D eigenvalue weighted by Crippen LogP contribution is 2.29. The molecule has 0 saturated heterocycles. The molecular formula is C15H25BrN2. The van der Waals surface area contributed by atoms with Crippen LogP contribution in [0.25, 0.3) is 0 Å². The van der Waals surface area contributed by atoms with Crippen LogP contribution in [0.5, 0.6) is 0 Å². The van der Waals surface area contributed by atoms with Gasteiger partial charge in [-0.1, -0.05) is 54.9 Å². The van der Waals surface area contributed by atoms with E-state index in [1.807, 2.05) is 0 Å². The van der Waals surface area contributed by atoms with Crippen molar-refractivity contribution in [2.24, 2.45) is 11.7 Å². The fraction of sp³-hybridized carbons (Fsp3) is 0.600. The third-order valence-corrected chi connectivity index (χ3v) is 4.01. The van der Waals surface area contributed by atoms with Crippen molar-refractivity contribution in [1.82, 2.24) is 5.32 Å². The van der Waals surface area contributed by atoms with Crippen LogP contribution in [-0.4, -0.2) is 19.6 Å². The minimum absolute atomic E-state index is 0.128.